The molecule has 0 aliphatic heterocycles. The van der Waals surface area contributed by atoms with Crippen molar-refractivity contribution in [2.24, 2.45) is 0 Å². The molecule has 0 spiro atoms. The van der Waals surface area contributed by atoms with E-state index in [1.807, 2.05) is 18.2 Å². The molecular formula is C11H8Br2ClNS. The lowest BCUT2D eigenvalue weighted by Gasteiger charge is -2.07. The van der Waals surface area contributed by atoms with Crippen LogP contribution < -0.4 is 5.32 Å². The maximum Gasteiger partial charge on any atom is 0.0701 e. The van der Waals surface area contributed by atoms with Crippen molar-refractivity contribution in [3.63, 3.8) is 0 Å². The van der Waals surface area contributed by atoms with Crippen molar-refractivity contribution in [1.82, 2.24) is 0 Å². The summed E-state index contributed by atoms with van der Waals surface area (Å²) >= 11 is 14.5. The van der Waals surface area contributed by atoms with Gasteiger partial charge in [-0.1, -0.05) is 11.6 Å². The highest BCUT2D eigenvalue weighted by atomic mass is 79.9. The highest BCUT2D eigenvalue weighted by molar-refractivity contribution is 9.11. The number of hydrogen-bond donors (Lipinski definition) is 1. The van der Waals surface area contributed by atoms with E-state index in [4.69, 9.17) is 11.6 Å². The summed E-state index contributed by atoms with van der Waals surface area (Å²) in [6, 6.07) is 7.81. The summed E-state index contributed by atoms with van der Waals surface area (Å²) in [7, 11) is 0. The molecule has 1 heterocycles. The Hall–Kier alpha value is -0.0300. The van der Waals surface area contributed by atoms with Crippen molar-refractivity contribution >= 4 is 60.5 Å². The average Bonchev–Trinajstić information content (AvgIpc) is 2.66. The Morgan fingerprint density at radius 1 is 1.25 bits per heavy atom. The predicted molar refractivity (Wildman–Crippen MR) is 78.5 cm³/mol. The molecular weight excluding hydrogens is 373 g/mol. The zero-order valence-electron chi connectivity index (χ0n) is 8.14. The van der Waals surface area contributed by atoms with Gasteiger partial charge >= 0.3 is 0 Å². The van der Waals surface area contributed by atoms with Gasteiger partial charge in [0.2, 0.25) is 0 Å². The van der Waals surface area contributed by atoms with Crippen molar-refractivity contribution in [3.8, 4) is 0 Å². The Morgan fingerprint density at radius 2 is 2.06 bits per heavy atom. The van der Waals surface area contributed by atoms with E-state index in [9.17, 15) is 0 Å². The van der Waals surface area contributed by atoms with E-state index >= 15 is 0 Å². The fraction of sp³-hybridized carbons (Fsp3) is 0.0909. The van der Waals surface area contributed by atoms with Gasteiger partial charge in [-0.05, 0) is 67.1 Å². The van der Waals surface area contributed by atoms with Gasteiger partial charge in [-0.15, -0.1) is 11.3 Å². The lowest BCUT2D eigenvalue weighted by atomic mass is 10.3. The Balaban J connectivity index is 2.07. The Labute approximate surface area is 120 Å². The van der Waals surface area contributed by atoms with Crippen LogP contribution in [0.3, 0.4) is 0 Å². The summed E-state index contributed by atoms with van der Waals surface area (Å²) in [6.07, 6.45) is 0. The number of nitrogens with one attached hydrogen (secondary N) is 1. The summed E-state index contributed by atoms with van der Waals surface area (Å²) in [5, 5.41) is 6.19. The van der Waals surface area contributed by atoms with Gasteiger partial charge in [0.05, 0.1) is 9.47 Å². The maximum absolute atomic E-state index is 5.94. The molecule has 0 atom stereocenters. The minimum atomic E-state index is 0.734. The third-order valence-corrected chi connectivity index (χ3v) is 4.51. The van der Waals surface area contributed by atoms with Crippen LogP contribution in [-0.4, -0.2) is 0 Å². The monoisotopic (exact) mass is 379 g/mol. The first-order valence-corrected chi connectivity index (χ1v) is 7.41. The average molecular weight is 382 g/mol. The second-order valence-corrected chi connectivity index (χ2v) is 6.82. The molecule has 1 aromatic heterocycles. The van der Waals surface area contributed by atoms with Crippen LogP contribution in [0, 0.1) is 0 Å². The van der Waals surface area contributed by atoms with Crippen molar-refractivity contribution in [1.29, 1.82) is 0 Å². The van der Waals surface area contributed by atoms with Crippen LogP contribution in [0.2, 0.25) is 5.02 Å². The van der Waals surface area contributed by atoms with Gasteiger partial charge in [0.1, 0.15) is 0 Å². The third kappa shape index (κ3) is 3.23. The molecule has 5 heteroatoms. The van der Waals surface area contributed by atoms with E-state index in [1.165, 1.54) is 5.56 Å². The SMILES string of the molecule is Clc1ccc(Br)c(NCc2csc(Br)c2)c1. The molecule has 0 unspecified atom stereocenters. The van der Waals surface area contributed by atoms with Gasteiger partial charge in [-0.25, -0.2) is 0 Å². The Kier molecular flexibility index (Phi) is 4.30. The van der Waals surface area contributed by atoms with Crippen molar-refractivity contribution < 1.29 is 0 Å². The van der Waals surface area contributed by atoms with Gasteiger partial charge in [-0.3, -0.25) is 0 Å². The largest absolute Gasteiger partial charge is 0.380 e. The van der Waals surface area contributed by atoms with Crippen molar-refractivity contribution in [2.75, 3.05) is 5.32 Å². The molecule has 1 N–H and O–H groups in total. The van der Waals surface area contributed by atoms with Gasteiger partial charge in [0.15, 0.2) is 0 Å². The van der Waals surface area contributed by atoms with Gasteiger partial charge in [-0.2, -0.15) is 0 Å². The van der Waals surface area contributed by atoms with Crippen LogP contribution in [0.25, 0.3) is 0 Å². The number of halogens is 3. The summed E-state index contributed by atoms with van der Waals surface area (Å²) < 4.78 is 2.17. The zero-order chi connectivity index (χ0) is 11.5. The van der Waals surface area contributed by atoms with Crippen LogP contribution in [-0.2, 0) is 6.54 Å². The van der Waals surface area contributed by atoms with Crippen molar-refractivity contribution in [3.05, 3.63) is 48.5 Å². The van der Waals surface area contributed by atoms with E-state index < -0.39 is 0 Å². The second-order valence-electron chi connectivity index (χ2n) is 3.24. The van der Waals surface area contributed by atoms with Crippen LogP contribution in [0.5, 0.6) is 0 Å². The Morgan fingerprint density at radius 3 is 2.75 bits per heavy atom. The van der Waals surface area contributed by atoms with E-state index in [2.05, 4.69) is 48.6 Å². The molecule has 0 fully saturated rings. The number of anilines is 1. The minimum Gasteiger partial charge on any atom is -0.380 e. The molecule has 16 heavy (non-hydrogen) atoms. The normalized spacial score (nSPS) is 10.4. The molecule has 0 radical (unpaired) electrons. The molecule has 0 bridgehead atoms. The summed E-state index contributed by atoms with van der Waals surface area (Å²) in [4.78, 5) is 0. The predicted octanol–water partition coefficient (Wildman–Crippen LogP) is 5.54. The molecule has 0 saturated heterocycles. The topological polar surface area (TPSA) is 12.0 Å². The van der Waals surface area contributed by atoms with Crippen LogP contribution in [0.4, 0.5) is 5.69 Å². The van der Waals surface area contributed by atoms with Gasteiger partial charge < -0.3 is 5.32 Å². The lowest BCUT2D eigenvalue weighted by Crippen LogP contribution is -1.98. The van der Waals surface area contributed by atoms with Gasteiger partial charge in [0.25, 0.3) is 0 Å². The summed E-state index contributed by atoms with van der Waals surface area (Å²) in [5.74, 6) is 0. The Bertz CT molecular complexity index is 498. The summed E-state index contributed by atoms with van der Waals surface area (Å²) in [6.45, 7) is 0.793. The second kappa shape index (κ2) is 5.54. The molecule has 0 aliphatic rings. The van der Waals surface area contributed by atoms with E-state index in [-0.39, 0.29) is 0 Å². The maximum atomic E-state index is 5.94. The lowest BCUT2D eigenvalue weighted by molar-refractivity contribution is 1.16. The molecule has 2 rings (SSSR count). The molecule has 1 aromatic carbocycles. The minimum absolute atomic E-state index is 0.734. The molecule has 0 saturated carbocycles. The third-order valence-electron chi connectivity index (χ3n) is 2.03. The number of thiophene rings is 1. The van der Waals surface area contributed by atoms with Crippen molar-refractivity contribution in [2.45, 2.75) is 6.54 Å². The first kappa shape index (κ1) is 12.4. The molecule has 0 aliphatic carbocycles. The van der Waals surface area contributed by atoms with Crippen LogP contribution in [0.15, 0.2) is 37.9 Å². The zero-order valence-corrected chi connectivity index (χ0v) is 12.9. The van der Waals surface area contributed by atoms with Crippen LogP contribution in [0.1, 0.15) is 5.56 Å². The van der Waals surface area contributed by atoms with E-state index in [1.54, 1.807) is 11.3 Å². The smallest absolute Gasteiger partial charge is 0.0701 e. The number of benzene rings is 1. The number of hydrogen-bond acceptors (Lipinski definition) is 2. The van der Waals surface area contributed by atoms with Gasteiger partial charge in [0, 0.05) is 16.0 Å². The highest BCUT2D eigenvalue weighted by Gasteiger charge is 2.01. The quantitative estimate of drug-likeness (QED) is 0.736. The first-order chi connectivity index (χ1) is 7.65. The van der Waals surface area contributed by atoms with E-state index in [0.29, 0.717) is 0 Å². The fourth-order valence-corrected chi connectivity index (χ4v) is 3.04. The summed E-state index contributed by atoms with van der Waals surface area (Å²) in [5.41, 5.74) is 2.26. The fourth-order valence-electron chi connectivity index (χ4n) is 1.27. The number of rotatable bonds is 3. The van der Waals surface area contributed by atoms with Crippen LogP contribution >= 0.6 is 54.8 Å². The molecule has 0 amide bonds. The van der Waals surface area contributed by atoms with E-state index in [0.717, 1.165) is 25.5 Å². The molecule has 2 aromatic rings. The molecule has 1 nitrogen and oxygen atoms in total. The first-order valence-electron chi connectivity index (χ1n) is 4.57. The standard InChI is InChI=1S/C11H8Br2ClNS/c12-9-2-1-8(14)4-10(9)15-5-7-3-11(13)16-6-7/h1-4,6,15H,5H2. The highest BCUT2D eigenvalue weighted by Crippen LogP contribution is 2.27. The molecule has 84 valence electrons.